The lowest BCUT2D eigenvalue weighted by atomic mass is 9.89. The molecule has 0 amide bonds. The van der Waals surface area contributed by atoms with E-state index in [9.17, 15) is 0 Å². The highest BCUT2D eigenvalue weighted by molar-refractivity contribution is 6.48. The molecule has 124 valence electrons. The summed E-state index contributed by atoms with van der Waals surface area (Å²) in [7, 11) is 0. The molecule has 0 radical (unpaired) electrons. The standard InChI is InChI=1S/C21H20Cl2O/c1-3-24-17-9-7-15(8-10-17)18-11-12-19(21(23)20(18)22)16-6-4-5-14(2)13-16/h4-10,13H,3,11-12H2,1-2H3. The second kappa shape index (κ2) is 7.46. The molecule has 0 aliphatic heterocycles. The second-order valence-corrected chi connectivity index (χ2v) is 6.67. The summed E-state index contributed by atoms with van der Waals surface area (Å²) in [5.74, 6) is 0.871. The molecule has 0 saturated carbocycles. The van der Waals surface area contributed by atoms with Crippen LogP contribution in [0.3, 0.4) is 0 Å². The molecule has 2 aromatic rings. The fourth-order valence-electron chi connectivity index (χ4n) is 3.03. The van der Waals surface area contributed by atoms with Crippen molar-refractivity contribution in [2.45, 2.75) is 26.7 Å². The fourth-order valence-corrected chi connectivity index (χ4v) is 3.66. The molecule has 0 bridgehead atoms. The molecule has 3 rings (SSSR count). The molecule has 24 heavy (non-hydrogen) atoms. The van der Waals surface area contributed by atoms with Crippen molar-refractivity contribution in [1.82, 2.24) is 0 Å². The Balaban J connectivity index is 1.96. The number of aryl methyl sites for hydroxylation is 1. The predicted molar refractivity (Wildman–Crippen MR) is 104 cm³/mol. The fraction of sp³-hybridized carbons (Fsp3) is 0.238. The van der Waals surface area contributed by atoms with E-state index in [4.69, 9.17) is 27.9 Å². The SMILES string of the molecule is CCOc1ccc(C2=C(Cl)C(Cl)=C(c3cccc(C)c3)CC2)cc1. The Morgan fingerprint density at radius 1 is 0.875 bits per heavy atom. The maximum Gasteiger partial charge on any atom is 0.119 e. The van der Waals surface area contributed by atoms with Crippen LogP contribution in [0.5, 0.6) is 5.75 Å². The van der Waals surface area contributed by atoms with E-state index in [-0.39, 0.29) is 0 Å². The van der Waals surface area contributed by atoms with Crippen LogP contribution in [0, 0.1) is 6.92 Å². The van der Waals surface area contributed by atoms with Crippen molar-refractivity contribution >= 4 is 34.3 Å². The van der Waals surface area contributed by atoms with Gasteiger partial charge >= 0.3 is 0 Å². The van der Waals surface area contributed by atoms with Crippen LogP contribution in [-0.4, -0.2) is 6.61 Å². The summed E-state index contributed by atoms with van der Waals surface area (Å²) in [6.45, 7) is 4.73. The topological polar surface area (TPSA) is 9.23 Å². The molecular weight excluding hydrogens is 339 g/mol. The van der Waals surface area contributed by atoms with Gasteiger partial charge in [-0.25, -0.2) is 0 Å². The lowest BCUT2D eigenvalue weighted by Crippen LogP contribution is -2.00. The van der Waals surface area contributed by atoms with E-state index < -0.39 is 0 Å². The van der Waals surface area contributed by atoms with E-state index in [1.165, 1.54) is 5.56 Å². The first-order valence-corrected chi connectivity index (χ1v) is 8.93. The highest BCUT2D eigenvalue weighted by Crippen LogP contribution is 2.43. The van der Waals surface area contributed by atoms with Gasteiger partial charge in [0.15, 0.2) is 0 Å². The van der Waals surface area contributed by atoms with Crippen LogP contribution in [-0.2, 0) is 0 Å². The minimum atomic E-state index is 0.656. The lowest BCUT2D eigenvalue weighted by molar-refractivity contribution is 0.340. The van der Waals surface area contributed by atoms with Gasteiger partial charge in [-0.3, -0.25) is 0 Å². The molecule has 1 nitrogen and oxygen atoms in total. The van der Waals surface area contributed by atoms with Crippen molar-refractivity contribution in [3.05, 3.63) is 75.3 Å². The maximum absolute atomic E-state index is 6.61. The monoisotopic (exact) mass is 358 g/mol. The molecule has 0 unspecified atom stereocenters. The second-order valence-electron chi connectivity index (χ2n) is 5.91. The Hall–Kier alpha value is -1.70. The number of ether oxygens (including phenoxy) is 1. The highest BCUT2D eigenvalue weighted by Gasteiger charge is 2.21. The molecule has 0 atom stereocenters. The van der Waals surface area contributed by atoms with E-state index in [1.807, 2.05) is 31.2 Å². The third-order valence-electron chi connectivity index (χ3n) is 4.23. The maximum atomic E-state index is 6.61. The summed E-state index contributed by atoms with van der Waals surface area (Å²) in [6, 6.07) is 16.4. The largest absolute Gasteiger partial charge is 0.494 e. The van der Waals surface area contributed by atoms with Gasteiger partial charge in [0.05, 0.1) is 16.7 Å². The first-order valence-electron chi connectivity index (χ1n) is 8.18. The van der Waals surface area contributed by atoms with Crippen molar-refractivity contribution in [3.8, 4) is 5.75 Å². The molecule has 0 N–H and O–H groups in total. The Labute approximate surface area is 153 Å². The van der Waals surface area contributed by atoms with Gasteiger partial charge in [0, 0.05) is 0 Å². The summed E-state index contributed by atoms with van der Waals surface area (Å²) in [6.07, 6.45) is 1.77. The zero-order valence-electron chi connectivity index (χ0n) is 13.9. The van der Waals surface area contributed by atoms with Gasteiger partial charge in [0.25, 0.3) is 0 Å². The smallest absolute Gasteiger partial charge is 0.119 e. The van der Waals surface area contributed by atoms with E-state index in [0.717, 1.165) is 40.9 Å². The quantitative estimate of drug-likeness (QED) is 0.584. The number of hydrogen-bond acceptors (Lipinski definition) is 1. The summed E-state index contributed by atoms with van der Waals surface area (Å²) in [5, 5.41) is 1.32. The molecule has 0 saturated heterocycles. The van der Waals surface area contributed by atoms with Crippen LogP contribution in [0.2, 0.25) is 0 Å². The molecular formula is C21H20Cl2O. The van der Waals surface area contributed by atoms with Crippen LogP contribution in [0.4, 0.5) is 0 Å². The van der Waals surface area contributed by atoms with Crippen molar-refractivity contribution < 1.29 is 4.74 Å². The summed E-state index contributed by atoms with van der Waals surface area (Å²) >= 11 is 13.2. The van der Waals surface area contributed by atoms with Crippen LogP contribution in [0.1, 0.15) is 36.5 Å². The Kier molecular flexibility index (Phi) is 5.33. The zero-order valence-corrected chi connectivity index (χ0v) is 15.4. The molecule has 0 aromatic heterocycles. The van der Waals surface area contributed by atoms with E-state index in [0.29, 0.717) is 16.7 Å². The number of benzene rings is 2. The highest BCUT2D eigenvalue weighted by atomic mass is 35.5. The first-order chi connectivity index (χ1) is 11.6. The Morgan fingerprint density at radius 3 is 2.08 bits per heavy atom. The average molecular weight is 359 g/mol. The van der Waals surface area contributed by atoms with E-state index in [1.54, 1.807) is 0 Å². The van der Waals surface area contributed by atoms with E-state index in [2.05, 4.69) is 31.2 Å². The third kappa shape index (κ3) is 3.53. The molecule has 0 heterocycles. The van der Waals surface area contributed by atoms with Crippen molar-refractivity contribution in [3.63, 3.8) is 0 Å². The van der Waals surface area contributed by atoms with Gasteiger partial charge in [0.2, 0.25) is 0 Å². The van der Waals surface area contributed by atoms with Gasteiger partial charge in [-0.1, -0.05) is 65.2 Å². The lowest BCUT2D eigenvalue weighted by Gasteiger charge is -2.21. The van der Waals surface area contributed by atoms with Crippen LogP contribution in [0.15, 0.2) is 58.6 Å². The zero-order chi connectivity index (χ0) is 17.1. The predicted octanol–water partition coefficient (Wildman–Crippen LogP) is 6.79. The Bertz CT molecular complexity index is 801. The van der Waals surface area contributed by atoms with Gasteiger partial charge in [-0.05, 0) is 61.1 Å². The average Bonchev–Trinajstić information content (AvgIpc) is 2.58. The first kappa shape index (κ1) is 17.1. The minimum absolute atomic E-state index is 0.656. The number of hydrogen-bond donors (Lipinski definition) is 0. The van der Waals surface area contributed by atoms with Gasteiger partial charge in [-0.15, -0.1) is 0 Å². The third-order valence-corrected chi connectivity index (χ3v) is 5.16. The van der Waals surface area contributed by atoms with Gasteiger partial charge in [0.1, 0.15) is 5.75 Å². The summed E-state index contributed by atoms with van der Waals surface area (Å²) < 4.78 is 5.50. The van der Waals surface area contributed by atoms with Crippen molar-refractivity contribution in [2.24, 2.45) is 0 Å². The molecule has 0 fully saturated rings. The number of rotatable bonds is 4. The van der Waals surface area contributed by atoms with Gasteiger partial charge in [-0.2, -0.15) is 0 Å². The minimum Gasteiger partial charge on any atom is -0.494 e. The Morgan fingerprint density at radius 2 is 1.50 bits per heavy atom. The molecule has 2 aromatic carbocycles. The van der Waals surface area contributed by atoms with Crippen molar-refractivity contribution in [1.29, 1.82) is 0 Å². The van der Waals surface area contributed by atoms with Crippen molar-refractivity contribution in [2.75, 3.05) is 6.61 Å². The summed E-state index contributed by atoms with van der Waals surface area (Å²) in [5.41, 5.74) is 5.71. The summed E-state index contributed by atoms with van der Waals surface area (Å²) in [4.78, 5) is 0. The molecule has 0 spiro atoms. The number of halogens is 2. The van der Waals surface area contributed by atoms with Crippen LogP contribution >= 0.6 is 23.2 Å². The van der Waals surface area contributed by atoms with Crippen LogP contribution < -0.4 is 4.74 Å². The molecule has 1 aliphatic rings. The normalized spacial score (nSPS) is 15.0. The molecule has 3 heteroatoms. The van der Waals surface area contributed by atoms with Gasteiger partial charge < -0.3 is 4.74 Å². The molecule has 1 aliphatic carbocycles. The van der Waals surface area contributed by atoms with Crippen LogP contribution in [0.25, 0.3) is 11.1 Å². The number of allylic oxidation sites excluding steroid dienone is 4. The van der Waals surface area contributed by atoms with E-state index >= 15 is 0 Å².